The minimum absolute atomic E-state index is 0.0372. The van der Waals surface area contributed by atoms with Crippen LogP contribution in [0.1, 0.15) is 17.9 Å². The summed E-state index contributed by atoms with van der Waals surface area (Å²) in [5.74, 6) is 1.50. The number of benzene rings is 1. The molecule has 1 aliphatic rings. The second-order valence-electron chi connectivity index (χ2n) is 6.31. The highest BCUT2D eigenvalue weighted by atomic mass is 35.5. The van der Waals surface area contributed by atoms with E-state index in [1.54, 1.807) is 30.3 Å². The van der Waals surface area contributed by atoms with E-state index >= 15 is 0 Å². The Morgan fingerprint density at radius 1 is 1.31 bits per heavy atom. The summed E-state index contributed by atoms with van der Waals surface area (Å²) < 4.78 is 34.8. The summed E-state index contributed by atoms with van der Waals surface area (Å²) in [5.41, 5.74) is 0. The first-order chi connectivity index (χ1) is 12.3. The van der Waals surface area contributed by atoms with Gasteiger partial charge in [0.25, 0.3) is 5.91 Å². The molecule has 1 amide bonds. The molecule has 0 bridgehead atoms. The minimum atomic E-state index is -3.12. The standard InChI is InChI=1S/C18H20ClNO5S/c1-13-6-7-15(25-13)10-20(14-8-9-26(22,23)12-14)18(21)11-24-17-5-3-2-4-16(17)19/h2-7,14H,8-12H2,1H3. The Labute approximate surface area is 157 Å². The summed E-state index contributed by atoms with van der Waals surface area (Å²) in [6.45, 7) is 1.80. The molecule has 0 N–H and O–H groups in total. The average molecular weight is 398 g/mol. The van der Waals surface area contributed by atoms with Gasteiger partial charge in [-0.3, -0.25) is 4.79 Å². The number of carbonyl (C=O) groups excluding carboxylic acids is 1. The van der Waals surface area contributed by atoms with Crippen LogP contribution in [-0.4, -0.2) is 43.4 Å². The zero-order valence-corrected chi connectivity index (χ0v) is 15.9. The van der Waals surface area contributed by atoms with Crippen molar-refractivity contribution in [2.45, 2.75) is 25.9 Å². The molecule has 0 saturated carbocycles. The van der Waals surface area contributed by atoms with Crippen LogP contribution < -0.4 is 4.74 Å². The maximum atomic E-state index is 12.8. The van der Waals surface area contributed by atoms with E-state index in [9.17, 15) is 13.2 Å². The van der Waals surface area contributed by atoms with E-state index in [1.165, 1.54) is 4.90 Å². The molecule has 1 aliphatic heterocycles. The van der Waals surface area contributed by atoms with Crippen LogP contribution in [0, 0.1) is 6.92 Å². The van der Waals surface area contributed by atoms with Gasteiger partial charge in [-0.05, 0) is 37.6 Å². The summed E-state index contributed by atoms with van der Waals surface area (Å²) in [5, 5.41) is 0.414. The fraction of sp³-hybridized carbons (Fsp3) is 0.389. The first kappa shape index (κ1) is 18.8. The van der Waals surface area contributed by atoms with Crippen LogP contribution in [0.2, 0.25) is 5.02 Å². The smallest absolute Gasteiger partial charge is 0.261 e. The molecule has 3 rings (SSSR count). The van der Waals surface area contributed by atoms with Crippen molar-refractivity contribution in [1.82, 2.24) is 4.90 Å². The zero-order valence-electron chi connectivity index (χ0n) is 14.4. The molecule has 2 aromatic rings. The Bertz CT molecular complexity index is 892. The number of ether oxygens (including phenoxy) is 1. The number of halogens is 1. The average Bonchev–Trinajstić information content (AvgIpc) is 3.16. The number of amides is 1. The SMILES string of the molecule is Cc1ccc(CN(C(=O)COc2ccccc2Cl)C2CCS(=O)(=O)C2)o1. The topological polar surface area (TPSA) is 76.8 Å². The van der Waals surface area contributed by atoms with Crippen LogP contribution >= 0.6 is 11.6 Å². The van der Waals surface area contributed by atoms with Gasteiger partial charge in [0.2, 0.25) is 0 Å². The highest BCUT2D eigenvalue weighted by Crippen LogP contribution is 2.24. The molecule has 1 atom stereocenters. The van der Waals surface area contributed by atoms with Gasteiger partial charge < -0.3 is 14.1 Å². The second-order valence-corrected chi connectivity index (χ2v) is 8.95. The molecule has 1 fully saturated rings. The summed E-state index contributed by atoms with van der Waals surface area (Å²) >= 11 is 6.04. The fourth-order valence-corrected chi connectivity index (χ4v) is 4.89. The largest absolute Gasteiger partial charge is 0.482 e. The van der Waals surface area contributed by atoms with Crippen molar-refractivity contribution in [3.8, 4) is 5.75 Å². The monoisotopic (exact) mass is 397 g/mol. The van der Waals surface area contributed by atoms with E-state index in [2.05, 4.69) is 0 Å². The first-order valence-electron chi connectivity index (χ1n) is 8.26. The molecule has 2 heterocycles. The molecule has 0 radical (unpaired) electrons. The van der Waals surface area contributed by atoms with Gasteiger partial charge in [-0.2, -0.15) is 0 Å². The lowest BCUT2D eigenvalue weighted by Gasteiger charge is -2.27. The molecule has 8 heteroatoms. The maximum Gasteiger partial charge on any atom is 0.261 e. The summed E-state index contributed by atoms with van der Waals surface area (Å²) in [6, 6.07) is 10.1. The van der Waals surface area contributed by atoms with Crippen LogP contribution in [-0.2, 0) is 21.2 Å². The second kappa shape index (κ2) is 7.72. The molecule has 1 saturated heterocycles. The maximum absolute atomic E-state index is 12.8. The van der Waals surface area contributed by atoms with E-state index in [0.717, 1.165) is 5.76 Å². The Morgan fingerprint density at radius 2 is 2.08 bits per heavy atom. The van der Waals surface area contributed by atoms with Crippen molar-refractivity contribution in [3.05, 3.63) is 52.9 Å². The summed E-state index contributed by atoms with van der Waals surface area (Å²) in [6.07, 6.45) is 0.417. The van der Waals surface area contributed by atoms with E-state index in [0.29, 0.717) is 23.0 Å². The molecule has 0 spiro atoms. The third-order valence-corrected chi connectivity index (χ3v) is 6.34. The lowest BCUT2D eigenvalue weighted by Crippen LogP contribution is -2.43. The number of hydrogen-bond acceptors (Lipinski definition) is 5. The van der Waals surface area contributed by atoms with Crippen molar-refractivity contribution >= 4 is 27.3 Å². The number of nitrogens with zero attached hydrogens (tertiary/aromatic N) is 1. The first-order valence-corrected chi connectivity index (χ1v) is 10.5. The third-order valence-electron chi connectivity index (χ3n) is 4.28. The van der Waals surface area contributed by atoms with Gasteiger partial charge in [0.15, 0.2) is 16.4 Å². The van der Waals surface area contributed by atoms with Gasteiger partial charge >= 0.3 is 0 Å². The third kappa shape index (κ3) is 4.59. The van der Waals surface area contributed by atoms with E-state index in [-0.39, 0.29) is 36.6 Å². The van der Waals surface area contributed by atoms with Gasteiger partial charge in [-0.25, -0.2) is 8.42 Å². The minimum Gasteiger partial charge on any atom is -0.482 e. The van der Waals surface area contributed by atoms with Crippen LogP contribution in [0.15, 0.2) is 40.8 Å². The Hall–Kier alpha value is -1.99. The van der Waals surface area contributed by atoms with Crippen LogP contribution in [0.5, 0.6) is 5.75 Å². The molecule has 1 aromatic heterocycles. The molecule has 140 valence electrons. The van der Waals surface area contributed by atoms with Gasteiger partial charge in [-0.15, -0.1) is 0 Å². The Kier molecular flexibility index (Phi) is 5.58. The van der Waals surface area contributed by atoms with Crippen molar-refractivity contribution in [2.24, 2.45) is 0 Å². The predicted octanol–water partition coefficient (Wildman–Crippen LogP) is 2.84. The number of carbonyl (C=O) groups is 1. The van der Waals surface area contributed by atoms with Crippen LogP contribution in [0.25, 0.3) is 0 Å². The number of hydrogen-bond donors (Lipinski definition) is 0. The highest BCUT2D eigenvalue weighted by molar-refractivity contribution is 7.91. The molecule has 0 aliphatic carbocycles. The molecule has 1 unspecified atom stereocenters. The molecular weight excluding hydrogens is 378 g/mol. The number of furan rings is 1. The lowest BCUT2D eigenvalue weighted by atomic mass is 10.2. The van der Waals surface area contributed by atoms with Gasteiger partial charge in [-0.1, -0.05) is 23.7 Å². The highest BCUT2D eigenvalue weighted by Gasteiger charge is 2.35. The van der Waals surface area contributed by atoms with Gasteiger partial charge in [0.05, 0.1) is 23.1 Å². The molecular formula is C18H20ClNO5S. The van der Waals surface area contributed by atoms with E-state index in [1.807, 2.05) is 13.0 Å². The van der Waals surface area contributed by atoms with Gasteiger partial charge in [0.1, 0.15) is 17.3 Å². The van der Waals surface area contributed by atoms with E-state index in [4.69, 9.17) is 20.8 Å². The summed E-state index contributed by atoms with van der Waals surface area (Å²) in [4.78, 5) is 14.3. The zero-order chi connectivity index (χ0) is 18.7. The number of sulfone groups is 1. The number of rotatable bonds is 6. The Morgan fingerprint density at radius 3 is 2.69 bits per heavy atom. The van der Waals surface area contributed by atoms with Crippen molar-refractivity contribution in [3.63, 3.8) is 0 Å². The van der Waals surface area contributed by atoms with Crippen molar-refractivity contribution < 1.29 is 22.4 Å². The summed E-state index contributed by atoms with van der Waals surface area (Å²) in [7, 11) is -3.12. The van der Waals surface area contributed by atoms with Crippen molar-refractivity contribution in [2.75, 3.05) is 18.1 Å². The molecule has 26 heavy (non-hydrogen) atoms. The van der Waals surface area contributed by atoms with Crippen LogP contribution in [0.4, 0.5) is 0 Å². The predicted molar refractivity (Wildman–Crippen MR) is 98.0 cm³/mol. The normalized spacial score (nSPS) is 18.6. The van der Waals surface area contributed by atoms with Crippen LogP contribution in [0.3, 0.4) is 0 Å². The lowest BCUT2D eigenvalue weighted by molar-refractivity contribution is -0.136. The molecule has 6 nitrogen and oxygen atoms in total. The van der Waals surface area contributed by atoms with E-state index < -0.39 is 9.84 Å². The van der Waals surface area contributed by atoms with Gasteiger partial charge in [0, 0.05) is 6.04 Å². The quantitative estimate of drug-likeness (QED) is 0.749. The fourth-order valence-electron chi connectivity index (χ4n) is 2.96. The van der Waals surface area contributed by atoms with Crippen molar-refractivity contribution in [1.29, 1.82) is 0 Å². The Balaban J connectivity index is 1.73. The molecule has 1 aromatic carbocycles. The number of aryl methyl sites for hydroxylation is 1. The number of para-hydroxylation sites is 1.